The topological polar surface area (TPSA) is 188 Å². The smallest absolute Gasteiger partial charge is 0.200 e. The Bertz CT molecular complexity index is 1340. The minimum absolute atomic E-state index is 0.00641. The van der Waals surface area contributed by atoms with E-state index in [2.05, 4.69) is 16.7 Å². The van der Waals surface area contributed by atoms with Crippen LogP contribution in [0.2, 0.25) is 0 Å². The largest absolute Gasteiger partial charge is 0.504 e. The van der Waals surface area contributed by atoms with Gasteiger partial charge in [0.15, 0.2) is 29.8 Å². The van der Waals surface area contributed by atoms with Gasteiger partial charge in [0.2, 0.25) is 5.75 Å². The quantitative estimate of drug-likeness (QED) is 0.118. The number of nitrogens with one attached hydrogen (secondary N) is 2. The number of allylic oxidation sites excluding steroid dienone is 2. The van der Waals surface area contributed by atoms with Crippen molar-refractivity contribution in [2.45, 2.75) is 69.8 Å². The van der Waals surface area contributed by atoms with E-state index in [1.54, 1.807) is 24.3 Å². The number of dihydropyridines is 1. The first-order chi connectivity index (χ1) is 22.3. The molecule has 2 aromatic rings. The molecule has 0 unspecified atom stereocenters. The lowest BCUT2D eigenvalue weighted by Gasteiger charge is -2.40. The van der Waals surface area contributed by atoms with E-state index in [1.807, 2.05) is 13.0 Å². The molecule has 1 saturated heterocycles. The van der Waals surface area contributed by atoms with Crippen LogP contribution < -0.4 is 30.6 Å². The number of hydrogen-bond donors (Lipinski definition) is 8. The number of methoxy groups -OCH3 is 1. The first-order valence-electron chi connectivity index (χ1n) is 15.9. The molecule has 0 aliphatic carbocycles. The number of aliphatic hydroxyl groups excluding tert-OH is 3. The minimum atomic E-state index is -0.737. The Morgan fingerprint density at radius 1 is 1.07 bits per heavy atom. The van der Waals surface area contributed by atoms with Crippen LogP contribution in [0.1, 0.15) is 56.3 Å². The highest BCUT2D eigenvalue weighted by atomic mass is 16.6. The van der Waals surface area contributed by atoms with Crippen molar-refractivity contribution in [2.75, 3.05) is 40.2 Å². The second-order valence-electron chi connectivity index (χ2n) is 11.7. The molecule has 12 nitrogen and oxygen atoms in total. The molecular formula is C34H49N3O9. The van der Waals surface area contributed by atoms with Crippen LogP contribution in [0.25, 0.3) is 0 Å². The molecule has 0 amide bonds. The SMILES string of the molecule is CCN[C@H](CCC1=CCNC(N)=C1)COc1cc([C@H]2O[C@@H](CCc3ccc(O)c(OCO)c3)C[C@H](O)[C@@H]2CCO)cc(OC)c1O. The van der Waals surface area contributed by atoms with E-state index in [4.69, 9.17) is 29.8 Å². The van der Waals surface area contributed by atoms with E-state index in [9.17, 15) is 20.4 Å². The second kappa shape index (κ2) is 17.3. The molecule has 1 fully saturated rings. The zero-order valence-electron chi connectivity index (χ0n) is 26.7. The van der Waals surface area contributed by atoms with Gasteiger partial charge in [0.05, 0.1) is 31.2 Å². The van der Waals surface area contributed by atoms with Gasteiger partial charge in [-0.15, -0.1) is 0 Å². The number of rotatable bonds is 17. The Morgan fingerprint density at radius 3 is 2.59 bits per heavy atom. The summed E-state index contributed by atoms with van der Waals surface area (Å²) in [6, 6.07) is 8.37. The summed E-state index contributed by atoms with van der Waals surface area (Å²) in [6.07, 6.45) is 5.87. The van der Waals surface area contributed by atoms with Crippen LogP contribution in [0.4, 0.5) is 0 Å². The summed E-state index contributed by atoms with van der Waals surface area (Å²) >= 11 is 0. The number of phenolic OH excluding ortho intramolecular Hbond substituents is 2. The Labute approximate surface area is 270 Å². The van der Waals surface area contributed by atoms with E-state index < -0.39 is 24.9 Å². The Kier molecular flexibility index (Phi) is 13.2. The Balaban J connectivity index is 1.50. The number of aromatic hydroxyl groups is 2. The van der Waals surface area contributed by atoms with Crippen LogP contribution in [-0.2, 0) is 11.2 Å². The van der Waals surface area contributed by atoms with Crippen molar-refractivity contribution in [3.8, 4) is 28.7 Å². The molecule has 0 aromatic heterocycles. The van der Waals surface area contributed by atoms with Crippen LogP contribution >= 0.6 is 0 Å². The molecule has 0 radical (unpaired) electrons. The number of phenols is 2. The highest BCUT2D eigenvalue weighted by molar-refractivity contribution is 5.53. The van der Waals surface area contributed by atoms with Gasteiger partial charge in [-0.25, -0.2) is 0 Å². The summed E-state index contributed by atoms with van der Waals surface area (Å²) in [5.74, 6) is 0.721. The summed E-state index contributed by atoms with van der Waals surface area (Å²) in [7, 11) is 1.47. The fourth-order valence-corrected chi connectivity index (χ4v) is 6.12. The van der Waals surface area contributed by atoms with Gasteiger partial charge in [0.25, 0.3) is 0 Å². The van der Waals surface area contributed by atoms with E-state index in [1.165, 1.54) is 13.2 Å². The average Bonchev–Trinajstić information content (AvgIpc) is 3.04. The van der Waals surface area contributed by atoms with Crippen molar-refractivity contribution in [3.05, 3.63) is 65.0 Å². The third-order valence-electron chi connectivity index (χ3n) is 8.52. The highest BCUT2D eigenvalue weighted by Gasteiger charge is 2.39. The molecule has 12 heteroatoms. The fraction of sp³-hybridized carbons (Fsp3) is 0.529. The normalized spacial score (nSPS) is 21.9. The van der Waals surface area contributed by atoms with Crippen LogP contribution in [0.5, 0.6) is 28.7 Å². The lowest BCUT2D eigenvalue weighted by Crippen LogP contribution is -2.40. The molecule has 254 valence electrons. The van der Waals surface area contributed by atoms with Gasteiger partial charge in [-0.1, -0.05) is 19.1 Å². The first-order valence-corrected chi connectivity index (χ1v) is 15.9. The van der Waals surface area contributed by atoms with Gasteiger partial charge < -0.3 is 60.8 Å². The molecule has 2 aliphatic rings. The van der Waals surface area contributed by atoms with Gasteiger partial charge >= 0.3 is 0 Å². The van der Waals surface area contributed by atoms with Gasteiger partial charge in [-0.05, 0) is 92.1 Å². The predicted molar refractivity (Wildman–Crippen MR) is 173 cm³/mol. The van der Waals surface area contributed by atoms with E-state index in [0.29, 0.717) is 50.2 Å². The molecule has 2 heterocycles. The number of ether oxygens (including phenoxy) is 4. The lowest BCUT2D eigenvalue weighted by atomic mass is 9.82. The standard InChI is InChI=1S/C34H49N3O9/c1-3-36-24(7-4-22-10-12-37-32(35)15-22)19-44-31-17-23(16-30(43-2)33(31)42)34-26(11-13-38)28(41)18-25(46-34)8-5-21-6-9-27(40)29(14-21)45-20-39/h6,9-10,14-17,24-26,28,34,36-42H,3-5,7-8,11-13,18-20,35H2,1-2H3/t24-,25+,26+,28+,34-/m1/s1. The van der Waals surface area contributed by atoms with Crippen molar-refractivity contribution < 1.29 is 44.5 Å². The number of benzene rings is 2. The van der Waals surface area contributed by atoms with Crippen LogP contribution in [-0.4, -0.2) is 84.0 Å². The molecule has 9 N–H and O–H groups in total. The maximum atomic E-state index is 11.2. The fourth-order valence-electron chi connectivity index (χ4n) is 6.12. The van der Waals surface area contributed by atoms with Gasteiger partial charge in [0.1, 0.15) is 6.61 Å². The van der Waals surface area contributed by atoms with E-state index in [0.717, 1.165) is 30.5 Å². The highest BCUT2D eigenvalue weighted by Crippen LogP contribution is 2.45. The van der Waals surface area contributed by atoms with Crippen LogP contribution in [0.15, 0.2) is 53.9 Å². The lowest BCUT2D eigenvalue weighted by molar-refractivity contribution is -0.144. The van der Waals surface area contributed by atoms with Gasteiger partial charge in [0, 0.05) is 25.1 Å². The third-order valence-corrected chi connectivity index (χ3v) is 8.52. The molecular weight excluding hydrogens is 594 g/mol. The molecule has 4 rings (SSSR count). The number of aryl methyl sites for hydroxylation is 1. The molecule has 46 heavy (non-hydrogen) atoms. The van der Waals surface area contributed by atoms with Crippen molar-refractivity contribution >= 4 is 0 Å². The summed E-state index contributed by atoms with van der Waals surface area (Å²) in [6.45, 7) is 3.11. The maximum absolute atomic E-state index is 11.2. The molecule has 0 saturated carbocycles. The monoisotopic (exact) mass is 643 g/mol. The second-order valence-corrected chi connectivity index (χ2v) is 11.7. The number of hydrogen-bond acceptors (Lipinski definition) is 12. The van der Waals surface area contributed by atoms with Crippen molar-refractivity contribution in [2.24, 2.45) is 11.7 Å². The predicted octanol–water partition coefficient (Wildman–Crippen LogP) is 2.72. The van der Waals surface area contributed by atoms with E-state index in [-0.39, 0.29) is 47.5 Å². The number of nitrogens with two attached hydrogens (primary N) is 1. The van der Waals surface area contributed by atoms with Crippen molar-refractivity contribution in [3.63, 3.8) is 0 Å². The molecule has 0 spiro atoms. The first kappa shape index (κ1) is 35.2. The average molecular weight is 644 g/mol. The zero-order chi connectivity index (χ0) is 33.1. The van der Waals surface area contributed by atoms with Crippen molar-refractivity contribution in [1.29, 1.82) is 0 Å². The molecule has 2 aliphatic heterocycles. The summed E-state index contributed by atoms with van der Waals surface area (Å²) in [5.41, 5.74) is 8.62. The summed E-state index contributed by atoms with van der Waals surface area (Å²) in [4.78, 5) is 0. The van der Waals surface area contributed by atoms with Crippen molar-refractivity contribution in [1.82, 2.24) is 10.6 Å². The summed E-state index contributed by atoms with van der Waals surface area (Å²) < 4.78 is 23.4. The minimum Gasteiger partial charge on any atom is -0.504 e. The Hall–Kier alpha value is -3.68. The Morgan fingerprint density at radius 2 is 1.87 bits per heavy atom. The van der Waals surface area contributed by atoms with Crippen LogP contribution in [0, 0.1) is 5.92 Å². The number of aliphatic hydroxyl groups is 3. The molecule has 0 bridgehead atoms. The molecule has 5 atom stereocenters. The molecule has 2 aromatic carbocycles. The third kappa shape index (κ3) is 9.43. The van der Waals surface area contributed by atoms with Gasteiger partial charge in [-0.3, -0.25) is 0 Å². The number of likely N-dealkylation sites (N-methyl/N-ethyl adjacent to an activating group) is 1. The van der Waals surface area contributed by atoms with E-state index >= 15 is 0 Å². The maximum Gasteiger partial charge on any atom is 0.200 e. The summed E-state index contributed by atoms with van der Waals surface area (Å²) in [5, 5.41) is 57.6. The van der Waals surface area contributed by atoms with Gasteiger partial charge in [-0.2, -0.15) is 0 Å². The van der Waals surface area contributed by atoms with Crippen LogP contribution in [0.3, 0.4) is 0 Å². The zero-order valence-corrected chi connectivity index (χ0v) is 26.7.